The predicted octanol–water partition coefficient (Wildman–Crippen LogP) is 13.8. The number of halogens is 1. The highest BCUT2D eigenvalue weighted by atomic mass is 28.4. The molecule has 7 nitrogen and oxygen atoms in total. The third-order valence-electron chi connectivity index (χ3n) is 13.4. The van der Waals surface area contributed by atoms with E-state index in [2.05, 4.69) is 127 Å². The van der Waals surface area contributed by atoms with Gasteiger partial charge in [-0.1, -0.05) is 108 Å². The zero-order valence-corrected chi connectivity index (χ0v) is 42.9. The average molecular weight is 850 g/mol. The SMILES string of the molecule is CC[C@@H](C(=O)C(C)(C)[C@H](CC(=O)O)O[Si](C)(C)C(C)(C)C)[C@@H](O[Si](C)(C)C(C)(C)C)[C@@H](C)CCC/C(C)=C/C[C@H](O[Si](C)(C)C(C)(C)C)/C(F)=C\c1ccccn1. The third kappa shape index (κ3) is 15.6. The molecule has 1 rings (SSSR count). The van der Waals surface area contributed by atoms with Gasteiger partial charge in [0.1, 0.15) is 17.7 Å². The highest BCUT2D eigenvalue weighted by molar-refractivity contribution is 6.75. The monoisotopic (exact) mass is 850 g/mol. The van der Waals surface area contributed by atoms with Gasteiger partial charge in [-0.2, -0.15) is 0 Å². The van der Waals surface area contributed by atoms with Crippen LogP contribution in [0.5, 0.6) is 0 Å². The first-order valence-electron chi connectivity index (χ1n) is 21.3. The Kier molecular flexibility index (Phi) is 19.3. The summed E-state index contributed by atoms with van der Waals surface area (Å²) in [7, 11) is -7.02. The van der Waals surface area contributed by atoms with Gasteiger partial charge in [-0.3, -0.25) is 14.6 Å². The predicted molar refractivity (Wildman–Crippen MR) is 246 cm³/mol. The Bertz CT molecular complexity index is 1500. The number of hydrogen-bond acceptors (Lipinski definition) is 6. The molecule has 1 aromatic rings. The molecule has 0 aliphatic carbocycles. The van der Waals surface area contributed by atoms with Gasteiger partial charge in [-0.05, 0) is 118 Å². The van der Waals surface area contributed by atoms with E-state index >= 15 is 4.39 Å². The van der Waals surface area contributed by atoms with Gasteiger partial charge >= 0.3 is 5.97 Å². The summed E-state index contributed by atoms with van der Waals surface area (Å²) in [6, 6.07) is 5.46. The fourth-order valence-electron chi connectivity index (χ4n) is 6.17. The zero-order chi connectivity index (χ0) is 44.6. The number of carboxylic acids is 1. The van der Waals surface area contributed by atoms with Crippen molar-refractivity contribution in [3.8, 4) is 0 Å². The number of allylic oxidation sites excluding steroid dienone is 1. The molecule has 0 spiro atoms. The Morgan fingerprint density at radius 3 is 1.81 bits per heavy atom. The number of Topliss-reactive ketones (excluding diaryl/α,β-unsaturated/α-hetero) is 1. The normalized spacial score (nSPS) is 17.2. The van der Waals surface area contributed by atoms with Gasteiger partial charge < -0.3 is 18.4 Å². The van der Waals surface area contributed by atoms with Crippen molar-refractivity contribution >= 4 is 42.8 Å². The van der Waals surface area contributed by atoms with Crippen LogP contribution in [0.4, 0.5) is 4.39 Å². The fourth-order valence-corrected chi connectivity index (χ4v) is 10.3. The first-order chi connectivity index (χ1) is 25.6. The Balaban J connectivity index is 3.44. The lowest BCUT2D eigenvalue weighted by molar-refractivity contribution is -0.147. The molecule has 11 heteroatoms. The molecule has 0 fully saturated rings. The third-order valence-corrected chi connectivity index (χ3v) is 26.9. The second-order valence-corrected chi connectivity index (χ2v) is 36.0. The Labute approximate surface area is 351 Å². The first kappa shape index (κ1) is 53.2. The van der Waals surface area contributed by atoms with E-state index in [0.717, 1.165) is 19.3 Å². The zero-order valence-electron chi connectivity index (χ0n) is 39.9. The van der Waals surface area contributed by atoms with Crippen molar-refractivity contribution in [2.75, 3.05) is 0 Å². The second kappa shape index (κ2) is 20.7. The summed E-state index contributed by atoms with van der Waals surface area (Å²) in [5, 5.41) is 9.73. The van der Waals surface area contributed by atoms with Gasteiger partial charge in [0.2, 0.25) is 0 Å². The Hall–Kier alpha value is -1.77. The van der Waals surface area contributed by atoms with Crippen molar-refractivity contribution in [3.63, 3.8) is 0 Å². The molecule has 0 radical (unpaired) electrons. The van der Waals surface area contributed by atoms with Crippen LogP contribution in [0.15, 0.2) is 41.9 Å². The van der Waals surface area contributed by atoms with Crippen LogP contribution >= 0.6 is 0 Å². The molecule has 0 saturated carbocycles. The largest absolute Gasteiger partial charge is 0.481 e. The summed E-state index contributed by atoms with van der Waals surface area (Å²) >= 11 is 0. The van der Waals surface area contributed by atoms with E-state index in [4.69, 9.17) is 13.3 Å². The van der Waals surface area contributed by atoms with E-state index < -0.39 is 54.5 Å². The number of hydrogen-bond donors (Lipinski definition) is 1. The summed E-state index contributed by atoms with van der Waals surface area (Å²) < 4.78 is 36.5. The molecule has 0 aliphatic rings. The lowest BCUT2D eigenvalue weighted by Gasteiger charge is -2.47. The molecule has 0 bridgehead atoms. The van der Waals surface area contributed by atoms with Crippen LogP contribution in [0, 0.1) is 17.3 Å². The number of ketones is 1. The van der Waals surface area contributed by atoms with Gasteiger partial charge in [0, 0.05) is 17.5 Å². The van der Waals surface area contributed by atoms with Crippen molar-refractivity contribution in [2.24, 2.45) is 17.3 Å². The minimum Gasteiger partial charge on any atom is -0.481 e. The second-order valence-electron chi connectivity index (χ2n) is 21.7. The quantitative estimate of drug-likeness (QED) is 0.0917. The molecule has 1 aromatic heterocycles. The minimum absolute atomic E-state index is 0.00940. The molecular weight excluding hydrogens is 766 g/mol. The molecule has 0 aromatic carbocycles. The summed E-state index contributed by atoms with van der Waals surface area (Å²) in [6.07, 6.45) is 6.79. The lowest BCUT2D eigenvalue weighted by atomic mass is 9.71. The number of carbonyl (C=O) groups excluding carboxylic acids is 1. The van der Waals surface area contributed by atoms with E-state index in [-0.39, 0.29) is 45.2 Å². The van der Waals surface area contributed by atoms with Gasteiger partial charge in [-0.15, -0.1) is 0 Å². The Morgan fingerprint density at radius 1 is 0.842 bits per heavy atom. The van der Waals surface area contributed by atoms with Crippen molar-refractivity contribution in [1.82, 2.24) is 4.98 Å². The van der Waals surface area contributed by atoms with Crippen LogP contribution in [0.25, 0.3) is 6.08 Å². The van der Waals surface area contributed by atoms with Crippen LogP contribution in [-0.2, 0) is 22.9 Å². The van der Waals surface area contributed by atoms with Crippen LogP contribution in [-0.4, -0.2) is 65.1 Å². The van der Waals surface area contributed by atoms with E-state index in [1.54, 1.807) is 12.3 Å². The van der Waals surface area contributed by atoms with Gasteiger partial charge in [0.15, 0.2) is 25.0 Å². The molecule has 328 valence electrons. The molecule has 1 N–H and O–H groups in total. The summed E-state index contributed by atoms with van der Waals surface area (Å²) in [5.41, 5.74) is 0.685. The van der Waals surface area contributed by atoms with Gasteiger partial charge in [0.25, 0.3) is 0 Å². The van der Waals surface area contributed by atoms with Gasteiger partial charge in [0.05, 0.1) is 24.3 Å². The van der Waals surface area contributed by atoms with E-state index in [1.807, 2.05) is 32.9 Å². The Morgan fingerprint density at radius 2 is 1.35 bits per heavy atom. The number of nitrogens with zero attached hydrogens (tertiary/aromatic N) is 1. The summed E-state index contributed by atoms with van der Waals surface area (Å²) in [6.45, 7) is 42.6. The standard InChI is InChI=1S/C46H84FNO6Si3/c1-21-36(42(51)46(13,14)39(32-40(49)50)53-56(17,18)44(7,8)9)41(54-57(19,20)45(10,11)12)34(3)26-24-25-33(2)28-29-38(52-55(15,16)43(4,5)6)37(47)31-35-27-22-23-30-48-35/h22-23,27-28,30-31,34,36,38-39,41H,21,24-26,29,32H2,1-20H3,(H,49,50)/b33-28+,37-31+/t34-,36+,38-,39-,41-/m0/s1. The molecule has 0 aliphatic heterocycles. The topological polar surface area (TPSA) is 95.0 Å². The maximum absolute atomic E-state index is 15.9. The van der Waals surface area contributed by atoms with Crippen LogP contribution < -0.4 is 0 Å². The molecule has 5 atom stereocenters. The van der Waals surface area contributed by atoms with Crippen molar-refractivity contribution in [3.05, 3.63) is 47.6 Å². The van der Waals surface area contributed by atoms with Crippen molar-refractivity contribution < 1.29 is 32.4 Å². The molecule has 0 saturated heterocycles. The highest BCUT2D eigenvalue weighted by Gasteiger charge is 2.50. The van der Waals surface area contributed by atoms with Crippen molar-refractivity contribution in [1.29, 1.82) is 0 Å². The minimum atomic E-state index is -2.41. The maximum atomic E-state index is 15.9. The molecular formula is C46H84FNO6Si3. The number of carbonyl (C=O) groups is 2. The number of pyridine rings is 1. The van der Waals surface area contributed by atoms with E-state index in [0.29, 0.717) is 18.5 Å². The molecule has 57 heavy (non-hydrogen) atoms. The lowest BCUT2D eigenvalue weighted by Crippen LogP contribution is -2.54. The molecule has 1 heterocycles. The smallest absolute Gasteiger partial charge is 0.305 e. The number of carboxylic acid groups (broad SMARTS) is 1. The maximum Gasteiger partial charge on any atom is 0.305 e. The first-order valence-corrected chi connectivity index (χ1v) is 30.1. The number of aromatic nitrogens is 1. The van der Waals surface area contributed by atoms with E-state index in [1.165, 1.54) is 11.6 Å². The number of rotatable bonds is 22. The molecule has 0 amide bonds. The van der Waals surface area contributed by atoms with Crippen LogP contribution in [0.3, 0.4) is 0 Å². The van der Waals surface area contributed by atoms with Crippen LogP contribution in [0.2, 0.25) is 54.4 Å². The van der Waals surface area contributed by atoms with Crippen molar-refractivity contribution in [2.45, 2.75) is 208 Å². The summed E-state index contributed by atoms with van der Waals surface area (Å²) in [5.74, 6) is -1.65. The number of aliphatic carboxylic acids is 1. The van der Waals surface area contributed by atoms with Crippen LogP contribution in [0.1, 0.15) is 141 Å². The van der Waals surface area contributed by atoms with Gasteiger partial charge in [-0.25, -0.2) is 4.39 Å². The highest BCUT2D eigenvalue weighted by Crippen LogP contribution is 2.45. The summed E-state index contributed by atoms with van der Waals surface area (Å²) in [4.78, 5) is 31.4. The fraction of sp³-hybridized carbons (Fsp3) is 0.761. The average Bonchev–Trinajstić information content (AvgIpc) is 3.04. The van der Waals surface area contributed by atoms with E-state index in [9.17, 15) is 14.7 Å². The molecule has 0 unspecified atom stereocenters.